The van der Waals surface area contributed by atoms with Crippen molar-refractivity contribution in [3.8, 4) is 0 Å². The zero-order valence-electron chi connectivity index (χ0n) is 14.2. The SMILES string of the molecule is CCCCCCCCCCCCc1ccc(P(=O)([O-])OO)cc1. The van der Waals surface area contributed by atoms with E-state index in [0.29, 0.717) is 0 Å². The van der Waals surface area contributed by atoms with Crippen LogP contribution in [0.1, 0.15) is 76.7 Å². The predicted molar refractivity (Wildman–Crippen MR) is 92.9 cm³/mol. The Bertz CT molecular complexity index is 459. The fraction of sp³-hybridized carbons (Fsp3) is 0.667. The van der Waals surface area contributed by atoms with Gasteiger partial charge in [-0.05, 0) is 18.4 Å². The van der Waals surface area contributed by atoms with E-state index < -0.39 is 7.60 Å². The van der Waals surface area contributed by atoms with Gasteiger partial charge in [0.2, 0.25) is 7.60 Å². The highest BCUT2D eigenvalue weighted by Gasteiger charge is 2.11. The van der Waals surface area contributed by atoms with Gasteiger partial charge in [0.15, 0.2) is 0 Å². The summed E-state index contributed by atoms with van der Waals surface area (Å²) in [5.41, 5.74) is 1.12. The highest BCUT2D eigenvalue weighted by Crippen LogP contribution is 2.33. The van der Waals surface area contributed by atoms with Gasteiger partial charge in [0, 0.05) is 5.30 Å². The molecule has 0 amide bonds. The fourth-order valence-electron chi connectivity index (χ4n) is 2.71. The molecule has 0 aliphatic carbocycles. The first-order chi connectivity index (χ1) is 11.1. The minimum absolute atomic E-state index is 0.00632. The molecular weight excluding hydrogens is 311 g/mol. The quantitative estimate of drug-likeness (QED) is 0.242. The molecule has 0 heterocycles. The summed E-state index contributed by atoms with van der Waals surface area (Å²) in [6.07, 6.45) is 14.0. The molecule has 0 bridgehead atoms. The summed E-state index contributed by atoms with van der Waals surface area (Å²) in [6.45, 7) is 2.24. The first kappa shape index (κ1) is 20.4. The molecule has 0 fully saturated rings. The minimum atomic E-state index is -4.29. The zero-order valence-corrected chi connectivity index (χ0v) is 15.1. The van der Waals surface area contributed by atoms with E-state index in [1.165, 1.54) is 69.9 Å². The molecule has 132 valence electrons. The van der Waals surface area contributed by atoms with Crippen LogP contribution in [0.3, 0.4) is 0 Å². The second kappa shape index (κ2) is 11.8. The Morgan fingerprint density at radius 3 is 1.87 bits per heavy atom. The second-order valence-corrected chi connectivity index (χ2v) is 7.85. The Morgan fingerprint density at radius 2 is 1.39 bits per heavy atom. The molecule has 0 aliphatic heterocycles. The molecule has 0 saturated heterocycles. The molecule has 23 heavy (non-hydrogen) atoms. The van der Waals surface area contributed by atoms with E-state index in [0.717, 1.165) is 18.4 Å². The number of unbranched alkanes of at least 4 members (excludes halogenated alkanes) is 9. The summed E-state index contributed by atoms with van der Waals surface area (Å²) in [5.74, 6) is 0. The molecule has 1 N–H and O–H groups in total. The minimum Gasteiger partial charge on any atom is -0.773 e. The molecule has 1 unspecified atom stereocenters. The molecule has 1 atom stereocenters. The van der Waals surface area contributed by atoms with Gasteiger partial charge in [-0.25, -0.2) is 5.26 Å². The van der Waals surface area contributed by atoms with Crippen molar-refractivity contribution in [3.63, 3.8) is 0 Å². The van der Waals surface area contributed by atoms with Crippen LogP contribution in [0.25, 0.3) is 0 Å². The average molecular weight is 341 g/mol. The van der Waals surface area contributed by atoms with Crippen LogP contribution in [0, 0.1) is 0 Å². The van der Waals surface area contributed by atoms with Crippen LogP contribution in [0.2, 0.25) is 0 Å². The molecule has 0 radical (unpaired) electrons. The van der Waals surface area contributed by atoms with E-state index in [-0.39, 0.29) is 5.30 Å². The van der Waals surface area contributed by atoms with Crippen molar-refractivity contribution in [1.82, 2.24) is 0 Å². The van der Waals surface area contributed by atoms with E-state index in [9.17, 15) is 9.46 Å². The van der Waals surface area contributed by atoms with Gasteiger partial charge in [0.1, 0.15) is 0 Å². The van der Waals surface area contributed by atoms with Crippen LogP contribution < -0.4 is 10.2 Å². The van der Waals surface area contributed by atoms with Gasteiger partial charge in [0.25, 0.3) is 0 Å². The molecule has 0 saturated carbocycles. The molecule has 0 aromatic heterocycles. The Labute approximate surface area is 140 Å². The lowest BCUT2D eigenvalue weighted by Crippen LogP contribution is -2.16. The van der Waals surface area contributed by atoms with Crippen molar-refractivity contribution in [2.24, 2.45) is 0 Å². The van der Waals surface area contributed by atoms with E-state index in [1.807, 2.05) is 0 Å². The van der Waals surface area contributed by atoms with E-state index in [1.54, 1.807) is 12.1 Å². The summed E-state index contributed by atoms with van der Waals surface area (Å²) in [7, 11) is -4.29. The maximum Gasteiger partial charge on any atom is 0.200 e. The molecule has 0 spiro atoms. The van der Waals surface area contributed by atoms with Crippen molar-refractivity contribution in [2.75, 3.05) is 0 Å². The van der Waals surface area contributed by atoms with Gasteiger partial charge in [0.05, 0.1) is 0 Å². The number of benzene rings is 1. The smallest absolute Gasteiger partial charge is 0.200 e. The lowest BCUT2D eigenvalue weighted by atomic mass is 10.0. The lowest BCUT2D eigenvalue weighted by molar-refractivity contribution is -0.253. The van der Waals surface area contributed by atoms with Crippen LogP contribution in [-0.2, 0) is 15.7 Å². The van der Waals surface area contributed by atoms with Crippen molar-refractivity contribution in [1.29, 1.82) is 0 Å². The maximum absolute atomic E-state index is 11.3. The van der Waals surface area contributed by atoms with Crippen LogP contribution in [-0.4, -0.2) is 5.26 Å². The lowest BCUT2D eigenvalue weighted by Gasteiger charge is -2.18. The normalized spacial score (nSPS) is 13.9. The Hall–Kier alpha value is -0.670. The molecule has 0 aliphatic rings. The standard InChI is InChI=1S/C18H31O4P/c1-2-3-4-5-6-7-8-9-10-11-12-17-13-15-18(16-14-17)23(20,21)22-19/h13-16,19H,2-12H2,1H3,(H,20,21)/p-1. The second-order valence-electron chi connectivity index (χ2n) is 6.18. The summed E-state index contributed by atoms with van der Waals surface area (Å²) in [4.78, 5) is 11.3. The highest BCUT2D eigenvalue weighted by atomic mass is 31.2. The zero-order chi connectivity index (χ0) is 17.0. The van der Waals surface area contributed by atoms with Gasteiger partial charge in [-0.2, -0.15) is 4.67 Å². The first-order valence-corrected chi connectivity index (χ1v) is 10.4. The Morgan fingerprint density at radius 1 is 0.913 bits per heavy atom. The van der Waals surface area contributed by atoms with Gasteiger partial charge < -0.3 is 9.46 Å². The van der Waals surface area contributed by atoms with Gasteiger partial charge in [-0.1, -0.05) is 89.0 Å². The summed E-state index contributed by atoms with van der Waals surface area (Å²) >= 11 is 0. The van der Waals surface area contributed by atoms with Crippen LogP contribution >= 0.6 is 7.60 Å². The van der Waals surface area contributed by atoms with E-state index in [2.05, 4.69) is 11.6 Å². The first-order valence-electron chi connectivity index (χ1n) is 8.84. The Kier molecular flexibility index (Phi) is 10.5. The summed E-state index contributed by atoms with van der Waals surface area (Å²) in [5, 5.41) is 8.35. The fourth-order valence-corrected chi connectivity index (χ4v) is 3.32. The van der Waals surface area contributed by atoms with Gasteiger partial charge in [-0.15, -0.1) is 0 Å². The average Bonchev–Trinajstić information content (AvgIpc) is 2.57. The third-order valence-corrected chi connectivity index (χ3v) is 5.32. The summed E-state index contributed by atoms with van der Waals surface area (Å²) in [6, 6.07) is 6.53. The maximum atomic E-state index is 11.3. The van der Waals surface area contributed by atoms with Crippen molar-refractivity contribution in [2.45, 2.75) is 77.6 Å². The number of rotatable bonds is 13. The Balaban J connectivity index is 2.09. The summed E-state index contributed by atoms with van der Waals surface area (Å²) < 4.78 is 14.8. The van der Waals surface area contributed by atoms with Crippen molar-refractivity contribution < 1.29 is 19.4 Å². The van der Waals surface area contributed by atoms with E-state index >= 15 is 0 Å². The predicted octanol–water partition coefficient (Wildman–Crippen LogP) is 4.82. The van der Waals surface area contributed by atoms with Crippen LogP contribution in [0.4, 0.5) is 0 Å². The van der Waals surface area contributed by atoms with Crippen LogP contribution in [0.15, 0.2) is 24.3 Å². The molecule has 1 aromatic carbocycles. The molecule has 4 nitrogen and oxygen atoms in total. The number of aryl methyl sites for hydroxylation is 1. The molecule has 1 rings (SSSR count). The van der Waals surface area contributed by atoms with Crippen molar-refractivity contribution >= 4 is 12.9 Å². The third-order valence-electron chi connectivity index (χ3n) is 4.18. The molecule has 5 heteroatoms. The van der Waals surface area contributed by atoms with E-state index in [4.69, 9.17) is 5.26 Å². The van der Waals surface area contributed by atoms with Crippen LogP contribution in [0.5, 0.6) is 0 Å². The van der Waals surface area contributed by atoms with Gasteiger partial charge >= 0.3 is 0 Å². The molecular formula is C18H30O4P-. The highest BCUT2D eigenvalue weighted by molar-refractivity contribution is 7.59. The largest absolute Gasteiger partial charge is 0.773 e. The monoisotopic (exact) mass is 341 g/mol. The van der Waals surface area contributed by atoms with Crippen molar-refractivity contribution in [3.05, 3.63) is 29.8 Å². The number of hydrogen-bond donors (Lipinski definition) is 1. The number of hydrogen-bond acceptors (Lipinski definition) is 4. The molecule has 1 aromatic rings. The topological polar surface area (TPSA) is 69.6 Å². The third kappa shape index (κ3) is 8.66. The van der Waals surface area contributed by atoms with Gasteiger partial charge in [-0.3, -0.25) is 0 Å².